The van der Waals surface area contributed by atoms with E-state index in [0.29, 0.717) is 26.3 Å². The maximum atomic E-state index is 5.65. The lowest BCUT2D eigenvalue weighted by Crippen LogP contribution is -2.29. The number of nitrogens with zero attached hydrogens (tertiary/aromatic N) is 7. The summed E-state index contributed by atoms with van der Waals surface area (Å²) in [6.07, 6.45) is 0. The third kappa shape index (κ3) is 6.70. The molecule has 2 rings (SSSR count). The molecule has 0 saturated heterocycles. The number of hydrogen-bond acceptors (Lipinski definition) is 9. The van der Waals surface area contributed by atoms with E-state index in [9.17, 15) is 0 Å². The number of rotatable bonds is 8. The summed E-state index contributed by atoms with van der Waals surface area (Å²) in [4.78, 5) is 24.4. The molecule has 24 heavy (non-hydrogen) atoms. The quantitative estimate of drug-likeness (QED) is 0.642. The first kappa shape index (κ1) is 19.1. The molecule has 0 amide bonds. The molecule has 0 aromatic carbocycles. The van der Waals surface area contributed by atoms with Crippen molar-refractivity contribution in [2.75, 3.05) is 33.4 Å². The third-order valence-electron chi connectivity index (χ3n) is 2.53. The minimum absolute atomic E-state index is 0.0265. The van der Waals surface area contributed by atoms with Crippen LogP contribution in [-0.2, 0) is 0 Å². The second kappa shape index (κ2) is 9.28. The lowest BCUT2D eigenvalue weighted by atomic mass is 10.5. The normalized spacial score (nSPS) is 10.9. The minimum Gasteiger partial charge on any atom is -0.462 e. The van der Waals surface area contributed by atoms with Gasteiger partial charge in [-0.25, -0.2) is 0 Å². The molecule has 0 atom stereocenters. The highest BCUT2D eigenvalue weighted by Crippen LogP contribution is 2.12. The number of hydrogen-bond donors (Lipinski definition) is 0. The molecule has 0 aliphatic carbocycles. The van der Waals surface area contributed by atoms with Gasteiger partial charge in [-0.05, 0) is 53.5 Å². The van der Waals surface area contributed by atoms with Crippen molar-refractivity contribution in [1.82, 2.24) is 34.8 Å². The van der Waals surface area contributed by atoms with Crippen LogP contribution in [0.4, 0.5) is 0 Å². The van der Waals surface area contributed by atoms with E-state index in [1.54, 1.807) is 0 Å². The van der Waals surface area contributed by atoms with Crippen molar-refractivity contribution >= 4 is 46.4 Å². The lowest BCUT2D eigenvalue weighted by Gasteiger charge is -2.16. The lowest BCUT2D eigenvalue weighted by molar-refractivity contribution is 0.190. The van der Waals surface area contributed by atoms with Gasteiger partial charge in [-0.1, -0.05) is 0 Å². The largest absolute Gasteiger partial charge is 0.462 e. The molecule has 2 heterocycles. The molecular formula is C11H11Cl4N7O2. The summed E-state index contributed by atoms with van der Waals surface area (Å²) >= 11 is 22.6. The van der Waals surface area contributed by atoms with Gasteiger partial charge in [0.2, 0.25) is 21.1 Å². The summed E-state index contributed by atoms with van der Waals surface area (Å²) in [6.45, 7) is 1.83. The molecule has 130 valence electrons. The topological polar surface area (TPSA) is 99.0 Å². The molecule has 0 aliphatic heterocycles. The van der Waals surface area contributed by atoms with Crippen LogP contribution in [0.15, 0.2) is 0 Å². The van der Waals surface area contributed by atoms with Gasteiger partial charge in [-0.2, -0.15) is 29.9 Å². The smallest absolute Gasteiger partial charge is 0.322 e. The van der Waals surface area contributed by atoms with Crippen molar-refractivity contribution in [1.29, 1.82) is 0 Å². The van der Waals surface area contributed by atoms with Gasteiger partial charge >= 0.3 is 12.0 Å². The Bertz CT molecular complexity index is 595. The van der Waals surface area contributed by atoms with Gasteiger partial charge in [0.25, 0.3) is 0 Å². The summed E-state index contributed by atoms with van der Waals surface area (Å²) in [6, 6.07) is 0.137. The Morgan fingerprint density at radius 3 is 1.33 bits per heavy atom. The van der Waals surface area contributed by atoms with Crippen molar-refractivity contribution < 1.29 is 9.47 Å². The highest BCUT2D eigenvalue weighted by atomic mass is 35.5. The van der Waals surface area contributed by atoms with Gasteiger partial charge in [0.05, 0.1) is 0 Å². The van der Waals surface area contributed by atoms with Crippen LogP contribution < -0.4 is 9.47 Å². The Labute approximate surface area is 157 Å². The fourth-order valence-electron chi connectivity index (χ4n) is 1.44. The molecular weight excluding hydrogens is 404 g/mol. The van der Waals surface area contributed by atoms with Gasteiger partial charge in [0.1, 0.15) is 13.2 Å². The van der Waals surface area contributed by atoms with E-state index in [2.05, 4.69) is 29.9 Å². The molecule has 0 N–H and O–H groups in total. The van der Waals surface area contributed by atoms with E-state index in [4.69, 9.17) is 55.9 Å². The van der Waals surface area contributed by atoms with Gasteiger partial charge < -0.3 is 9.47 Å². The van der Waals surface area contributed by atoms with Gasteiger partial charge in [-0.3, -0.25) is 4.90 Å². The van der Waals surface area contributed by atoms with E-state index in [1.807, 2.05) is 11.9 Å². The number of likely N-dealkylation sites (N-methyl/N-ethyl adjacent to an activating group) is 1. The fourth-order valence-corrected chi connectivity index (χ4v) is 2.14. The van der Waals surface area contributed by atoms with E-state index in [1.165, 1.54) is 0 Å². The Morgan fingerprint density at radius 2 is 1.00 bits per heavy atom. The minimum atomic E-state index is -0.0265. The van der Waals surface area contributed by atoms with E-state index in [0.717, 1.165) is 0 Å². The van der Waals surface area contributed by atoms with Gasteiger partial charge in [0.15, 0.2) is 0 Å². The zero-order chi connectivity index (χ0) is 17.5. The van der Waals surface area contributed by atoms with Crippen LogP contribution >= 0.6 is 46.4 Å². The monoisotopic (exact) mass is 413 g/mol. The molecule has 2 aromatic heterocycles. The Balaban J connectivity index is 1.68. The predicted molar refractivity (Wildman–Crippen MR) is 88.2 cm³/mol. The molecule has 0 spiro atoms. The standard InChI is InChI=1S/C11H11Cl4N7O2/c1-22(2-4-23-10-18-6(12)16-7(13)19-10)3-5-24-11-20-8(14)17-9(15)21-11/h2-5H2,1H3. The SMILES string of the molecule is CN(CCOc1nc(Cl)nc(Cl)n1)CCOc1nc(Cl)nc(Cl)n1. The molecule has 13 heteroatoms. The first-order valence-corrected chi connectivity index (χ1v) is 8.02. The maximum Gasteiger partial charge on any atom is 0.322 e. The first-order valence-electron chi connectivity index (χ1n) is 6.50. The van der Waals surface area contributed by atoms with Crippen molar-refractivity contribution in [2.24, 2.45) is 0 Å². The van der Waals surface area contributed by atoms with Crippen LogP contribution in [0.5, 0.6) is 12.0 Å². The second-order valence-corrected chi connectivity index (χ2v) is 5.66. The molecule has 0 aliphatic rings. The van der Waals surface area contributed by atoms with Crippen LogP contribution in [-0.4, -0.2) is 68.2 Å². The summed E-state index contributed by atoms with van der Waals surface area (Å²) in [5.41, 5.74) is 0. The summed E-state index contributed by atoms with van der Waals surface area (Å²) in [5.74, 6) is 0. The van der Waals surface area contributed by atoms with Crippen LogP contribution in [0, 0.1) is 0 Å². The van der Waals surface area contributed by atoms with Crippen LogP contribution in [0.3, 0.4) is 0 Å². The van der Waals surface area contributed by atoms with Crippen LogP contribution in [0.1, 0.15) is 0 Å². The average molecular weight is 415 g/mol. The summed E-state index contributed by atoms with van der Waals surface area (Å²) in [7, 11) is 1.88. The average Bonchev–Trinajstić information content (AvgIpc) is 2.45. The molecule has 0 radical (unpaired) electrons. The highest BCUT2D eigenvalue weighted by molar-refractivity contribution is 6.31. The van der Waals surface area contributed by atoms with Crippen molar-refractivity contribution in [3.63, 3.8) is 0 Å². The summed E-state index contributed by atoms with van der Waals surface area (Å²) < 4.78 is 10.7. The zero-order valence-corrected chi connectivity index (χ0v) is 15.3. The maximum absolute atomic E-state index is 5.65. The Kier molecular flexibility index (Phi) is 7.38. The highest BCUT2D eigenvalue weighted by Gasteiger charge is 2.07. The molecule has 0 fully saturated rings. The molecule has 2 aromatic rings. The van der Waals surface area contributed by atoms with E-state index >= 15 is 0 Å². The van der Waals surface area contributed by atoms with Gasteiger partial charge in [0, 0.05) is 13.1 Å². The Morgan fingerprint density at radius 1 is 0.667 bits per heavy atom. The molecule has 9 nitrogen and oxygen atoms in total. The number of halogens is 4. The zero-order valence-electron chi connectivity index (χ0n) is 12.3. The van der Waals surface area contributed by atoms with Crippen molar-refractivity contribution in [3.05, 3.63) is 21.1 Å². The summed E-state index contributed by atoms with van der Waals surface area (Å²) in [5, 5.41) is -0.106. The second-order valence-electron chi connectivity index (χ2n) is 4.31. The number of aromatic nitrogens is 6. The van der Waals surface area contributed by atoms with Gasteiger partial charge in [-0.15, -0.1) is 0 Å². The molecule has 0 unspecified atom stereocenters. The first-order chi connectivity index (χ1) is 11.4. The van der Waals surface area contributed by atoms with E-state index in [-0.39, 0.29) is 33.2 Å². The third-order valence-corrected chi connectivity index (χ3v) is 3.21. The predicted octanol–water partition coefficient (Wildman–Crippen LogP) is 2.06. The molecule has 0 bridgehead atoms. The van der Waals surface area contributed by atoms with Crippen molar-refractivity contribution in [3.8, 4) is 12.0 Å². The van der Waals surface area contributed by atoms with Crippen LogP contribution in [0.2, 0.25) is 21.1 Å². The van der Waals surface area contributed by atoms with Crippen LogP contribution in [0.25, 0.3) is 0 Å². The fraction of sp³-hybridized carbons (Fsp3) is 0.455. The molecule has 0 saturated carbocycles. The van der Waals surface area contributed by atoms with E-state index < -0.39 is 0 Å². The number of ether oxygens (including phenoxy) is 2. The Hall–Kier alpha value is -1.26. The van der Waals surface area contributed by atoms with Crippen molar-refractivity contribution in [2.45, 2.75) is 0 Å².